The van der Waals surface area contributed by atoms with E-state index in [1.807, 2.05) is 11.8 Å². The van der Waals surface area contributed by atoms with Crippen LogP contribution >= 0.6 is 0 Å². The first kappa shape index (κ1) is 10.5. The van der Waals surface area contributed by atoms with Crippen LogP contribution in [-0.4, -0.2) is 29.4 Å². The Balaban J connectivity index is 2.51. The zero-order valence-electron chi connectivity index (χ0n) is 8.84. The average Bonchev–Trinajstić information content (AvgIpc) is 2.79. The molecule has 0 aromatic carbocycles. The smallest absolute Gasteiger partial charge is 0.242 e. The number of rotatable bonds is 4. The van der Waals surface area contributed by atoms with Gasteiger partial charge in [-0.15, -0.1) is 0 Å². The third kappa shape index (κ3) is 2.44. The van der Waals surface area contributed by atoms with Crippen molar-refractivity contribution in [1.82, 2.24) is 4.90 Å². The maximum absolute atomic E-state index is 11.8. The molecule has 0 spiro atoms. The predicted octanol–water partition coefficient (Wildman–Crippen LogP) is 0.982. The number of hydrogen-bond donors (Lipinski definition) is 1. The molecule has 2 N–H and O–H groups in total. The minimum Gasteiger partial charge on any atom is -0.341 e. The first-order valence-corrected chi connectivity index (χ1v) is 5.08. The summed E-state index contributed by atoms with van der Waals surface area (Å²) in [4.78, 5) is 13.7. The normalized spacial score (nSPS) is 18.8. The molecule has 0 atom stereocenters. The van der Waals surface area contributed by atoms with Crippen molar-refractivity contribution < 1.29 is 4.79 Å². The summed E-state index contributed by atoms with van der Waals surface area (Å²) in [5.74, 6) is 0.662. The lowest BCUT2D eigenvalue weighted by atomic mass is 10.1. The van der Waals surface area contributed by atoms with Crippen LogP contribution < -0.4 is 5.73 Å². The molecular formula is C10H20N2O. The summed E-state index contributed by atoms with van der Waals surface area (Å²) >= 11 is 0. The van der Waals surface area contributed by atoms with Gasteiger partial charge in [-0.05, 0) is 25.7 Å². The maximum Gasteiger partial charge on any atom is 0.242 e. The van der Waals surface area contributed by atoms with E-state index in [4.69, 9.17) is 5.73 Å². The zero-order chi connectivity index (χ0) is 10.1. The van der Waals surface area contributed by atoms with E-state index in [0.717, 1.165) is 25.9 Å². The van der Waals surface area contributed by atoms with Crippen molar-refractivity contribution in [3.63, 3.8) is 0 Å². The first-order valence-electron chi connectivity index (χ1n) is 5.08. The van der Waals surface area contributed by atoms with Gasteiger partial charge in [0.1, 0.15) is 0 Å². The molecule has 3 nitrogen and oxygen atoms in total. The van der Waals surface area contributed by atoms with Crippen molar-refractivity contribution in [2.24, 2.45) is 11.7 Å². The van der Waals surface area contributed by atoms with Crippen molar-refractivity contribution in [3.8, 4) is 0 Å². The van der Waals surface area contributed by atoms with Crippen molar-refractivity contribution in [2.75, 3.05) is 13.1 Å². The zero-order valence-corrected chi connectivity index (χ0v) is 8.84. The second-order valence-corrected chi connectivity index (χ2v) is 4.39. The van der Waals surface area contributed by atoms with E-state index in [1.54, 1.807) is 0 Å². The number of nitrogens with zero attached hydrogens (tertiary/aromatic N) is 1. The monoisotopic (exact) mass is 184 g/mol. The number of likely N-dealkylation sites (N-methyl/N-ethyl adjacent to an activating group) is 1. The minimum atomic E-state index is -0.495. The number of carbonyl (C=O) groups excluding carboxylic acids is 1. The Morgan fingerprint density at radius 1 is 1.54 bits per heavy atom. The van der Waals surface area contributed by atoms with Crippen molar-refractivity contribution >= 4 is 5.91 Å². The molecule has 1 rings (SSSR count). The van der Waals surface area contributed by atoms with E-state index in [2.05, 4.69) is 13.8 Å². The lowest BCUT2D eigenvalue weighted by molar-refractivity contribution is -0.133. The summed E-state index contributed by atoms with van der Waals surface area (Å²) < 4.78 is 0. The van der Waals surface area contributed by atoms with Gasteiger partial charge in [-0.1, -0.05) is 13.8 Å². The van der Waals surface area contributed by atoms with Gasteiger partial charge >= 0.3 is 0 Å². The van der Waals surface area contributed by atoms with E-state index in [1.165, 1.54) is 0 Å². The van der Waals surface area contributed by atoms with Gasteiger partial charge in [0, 0.05) is 13.1 Å². The fraction of sp³-hybridized carbons (Fsp3) is 0.900. The highest BCUT2D eigenvalue weighted by Crippen LogP contribution is 2.34. The molecule has 0 radical (unpaired) electrons. The number of hydrogen-bond acceptors (Lipinski definition) is 2. The summed E-state index contributed by atoms with van der Waals surface area (Å²) in [5, 5.41) is 0. The molecule has 1 amide bonds. The van der Waals surface area contributed by atoms with Gasteiger partial charge < -0.3 is 10.6 Å². The molecule has 0 aliphatic heterocycles. The van der Waals surface area contributed by atoms with Crippen LogP contribution in [-0.2, 0) is 4.79 Å². The lowest BCUT2D eigenvalue weighted by Gasteiger charge is -2.25. The second-order valence-electron chi connectivity index (χ2n) is 4.39. The molecule has 0 bridgehead atoms. The van der Waals surface area contributed by atoms with E-state index in [-0.39, 0.29) is 5.91 Å². The van der Waals surface area contributed by atoms with Crippen LogP contribution in [0.1, 0.15) is 33.6 Å². The SMILES string of the molecule is CCN(CC(C)C)C(=O)C1(N)CC1. The van der Waals surface area contributed by atoms with E-state index in [0.29, 0.717) is 5.92 Å². The van der Waals surface area contributed by atoms with Crippen LogP contribution in [0.2, 0.25) is 0 Å². The highest BCUT2D eigenvalue weighted by atomic mass is 16.2. The summed E-state index contributed by atoms with van der Waals surface area (Å²) in [6.45, 7) is 7.84. The number of nitrogens with two attached hydrogens (primary N) is 1. The molecule has 3 heteroatoms. The van der Waals surface area contributed by atoms with Crippen LogP contribution in [0.15, 0.2) is 0 Å². The lowest BCUT2D eigenvalue weighted by Crippen LogP contribution is -2.46. The first-order chi connectivity index (χ1) is 5.99. The van der Waals surface area contributed by atoms with Gasteiger partial charge in [0.05, 0.1) is 5.54 Å². The second kappa shape index (κ2) is 3.66. The maximum atomic E-state index is 11.8. The van der Waals surface area contributed by atoms with Crippen LogP contribution in [0, 0.1) is 5.92 Å². The van der Waals surface area contributed by atoms with Crippen molar-refractivity contribution in [3.05, 3.63) is 0 Å². The molecule has 1 fully saturated rings. The third-order valence-corrected chi connectivity index (χ3v) is 2.47. The summed E-state index contributed by atoms with van der Waals surface area (Å²) in [6.07, 6.45) is 1.72. The minimum absolute atomic E-state index is 0.142. The van der Waals surface area contributed by atoms with Crippen LogP contribution in [0.4, 0.5) is 0 Å². The quantitative estimate of drug-likeness (QED) is 0.708. The number of amides is 1. The fourth-order valence-corrected chi connectivity index (χ4v) is 1.46. The Hall–Kier alpha value is -0.570. The molecule has 1 aliphatic rings. The van der Waals surface area contributed by atoms with Gasteiger partial charge in [0.15, 0.2) is 0 Å². The Morgan fingerprint density at radius 3 is 2.38 bits per heavy atom. The molecule has 0 aromatic rings. The largest absolute Gasteiger partial charge is 0.341 e. The van der Waals surface area contributed by atoms with Gasteiger partial charge in [-0.25, -0.2) is 0 Å². The number of carbonyl (C=O) groups is 1. The van der Waals surface area contributed by atoms with Gasteiger partial charge in [0.25, 0.3) is 0 Å². The van der Waals surface area contributed by atoms with Crippen molar-refractivity contribution in [2.45, 2.75) is 39.2 Å². The summed E-state index contributed by atoms with van der Waals surface area (Å²) in [6, 6.07) is 0. The van der Waals surface area contributed by atoms with E-state index >= 15 is 0 Å². The third-order valence-electron chi connectivity index (χ3n) is 2.47. The fourth-order valence-electron chi connectivity index (χ4n) is 1.46. The van der Waals surface area contributed by atoms with Crippen LogP contribution in [0.3, 0.4) is 0 Å². The Bertz CT molecular complexity index is 197. The van der Waals surface area contributed by atoms with Crippen LogP contribution in [0.25, 0.3) is 0 Å². The molecular weight excluding hydrogens is 164 g/mol. The molecule has 0 unspecified atom stereocenters. The highest BCUT2D eigenvalue weighted by molar-refractivity contribution is 5.89. The summed E-state index contributed by atoms with van der Waals surface area (Å²) in [7, 11) is 0. The molecule has 1 saturated carbocycles. The van der Waals surface area contributed by atoms with Gasteiger partial charge in [-0.2, -0.15) is 0 Å². The summed E-state index contributed by atoms with van der Waals surface area (Å²) in [5.41, 5.74) is 5.36. The topological polar surface area (TPSA) is 46.3 Å². The molecule has 1 aliphatic carbocycles. The molecule has 0 saturated heterocycles. The van der Waals surface area contributed by atoms with Crippen molar-refractivity contribution in [1.29, 1.82) is 0 Å². The Labute approximate surface area is 80.3 Å². The van der Waals surface area contributed by atoms with E-state index < -0.39 is 5.54 Å². The predicted molar refractivity (Wildman–Crippen MR) is 53.2 cm³/mol. The average molecular weight is 184 g/mol. The Kier molecular flexibility index (Phi) is 2.96. The standard InChI is InChI=1S/C10H20N2O/c1-4-12(7-8(2)3)9(13)10(11)5-6-10/h8H,4-7,11H2,1-3H3. The van der Waals surface area contributed by atoms with Gasteiger partial charge in [-0.3, -0.25) is 4.79 Å². The Morgan fingerprint density at radius 2 is 2.08 bits per heavy atom. The molecule has 13 heavy (non-hydrogen) atoms. The molecule has 0 aromatic heterocycles. The van der Waals surface area contributed by atoms with Crippen LogP contribution in [0.5, 0.6) is 0 Å². The highest BCUT2D eigenvalue weighted by Gasteiger charge is 2.47. The molecule has 0 heterocycles. The molecule has 76 valence electrons. The van der Waals surface area contributed by atoms with E-state index in [9.17, 15) is 4.79 Å². The van der Waals surface area contributed by atoms with Gasteiger partial charge in [0.2, 0.25) is 5.91 Å².